The van der Waals surface area contributed by atoms with Crippen molar-refractivity contribution in [1.82, 2.24) is 5.32 Å². The van der Waals surface area contributed by atoms with Crippen LogP contribution in [0.25, 0.3) is 0 Å². The Hall–Kier alpha value is -2.40. The molecule has 0 bridgehead atoms. The second kappa shape index (κ2) is 8.29. The van der Waals surface area contributed by atoms with Crippen molar-refractivity contribution < 1.29 is 14.3 Å². The van der Waals surface area contributed by atoms with Crippen molar-refractivity contribution in [1.29, 1.82) is 0 Å². The van der Waals surface area contributed by atoms with Gasteiger partial charge in [0.2, 0.25) is 0 Å². The van der Waals surface area contributed by atoms with E-state index >= 15 is 0 Å². The lowest BCUT2D eigenvalue weighted by Gasteiger charge is -2.12. The number of urea groups is 1. The fraction of sp³-hybridized carbons (Fsp3) is 0.235. The van der Waals surface area contributed by atoms with E-state index < -0.39 is 0 Å². The normalized spacial score (nSPS) is 10.0. The number of halogens is 1. The minimum absolute atomic E-state index is 0.306. The average molecular weight is 335 g/mol. The molecule has 2 rings (SSSR count). The highest BCUT2D eigenvalue weighted by Gasteiger charge is 2.06. The van der Waals surface area contributed by atoms with Gasteiger partial charge in [0.15, 0.2) is 11.5 Å². The van der Waals surface area contributed by atoms with E-state index in [1.54, 1.807) is 19.2 Å². The average Bonchev–Trinajstić information content (AvgIpc) is 2.55. The molecule has 0 unspecified atom stereocenters. The molecule has 6 heteroatoms. The number of benzene rings is 2. The first-order valence-electron chi connectivity index (χ1n) is 7.17. The maximum atomic E-state index is 11.9. The number of ether oxygens (including phenoxy) is 2. The Kier molecular flexibility index (Phi) is 6.11. The largest absolute Gasteiger partial charge is 0.493 e. The van der Waals surface area contributed by atoms with E-state index in [9.17, 15) is 4.79 Å². The molecule has 2 aromatic rings. The highest BCUT2D eigenvalue weighted by atomic mass is 35.5. The van der Waals surface area contributed by atoms with Crippen LogP contribution in [0.15, 0.2) is 42.5 Å². The predicted octanol–water partition coefficient (Wildman–Crippen LogP) is 3.86. The van der Waals surface area contributed by atoms with Gasteiger partial charge in [0.25, 0.3) is 0 Å². The lowest BCUT2D eigenvalue weighted by atomic mass is 10.2. The zero-order valence-electron chi connectivity index (χ0n) is 13.1. The first-order valence-corrected chi connectivity index (χ1v) is 7.55. The van der Waals surface area contributed by atoms with Crippen LogP contribution >= 0.6 is 11.6 Å². The Bertz CT molecular complexity index is 677. The van der Waals surface area contributed by atoms with Crippen molar-refractivity contribution >= 4 is 23.3 Å². The highest BCUT2D eigenvalue weighted by molar-refractivity contribution is 6.31. The fourth-order valence-electron chi connectivity index (χ4n) is 1.96. The molecule has 2 N–H and O–H groups in total. The van der Waals surface area contributed by atoms with Crippen molar-refractivity contribution in [3.63, 3.8) is 0 Å². The van der Waals surface area contributed by atoms with Crippen LogP contribution in [-0.2, 0) is 0 Å². The van der Waals surface area contributed by atoms with Crippen molar-refractivity contribution in [2.24, 2.45) is 0 Å². The molecule has 0 heterocycles. The van der Waals surface area contributed by atoms with Crippen LogP contribution in [0, 0.1) is 6.92 Å². The first kappa shape index (κ1) is 17.0. The molecule has 0 aliphatic carbocycles. The van der Waals surface area contributed by atoms with E-state index in [-0.39, 0.29) is 6.03 Å². The van der Waals surface area contributed by atoms with E-state index in [2.05, 4.69) is 10.6 Å². The van der Waals surface area contributed by atoms with E-state index in [1.165, 1.54) is 0 Å². The third kappa shape index (κ3) is 5.07. The summed E-state index contributed by atoms with van der Waals surface area (Å²) in [6.45, 7) is 2.60. The van der Waals surface area contributed by atoms with Crippen LogP contribution in [0.1, 0.15) is 5.56 Å². The molecule has 0 atom stereocenters. The summed E-state index contributed by atoms with van der Waals surface area (Å²) in [7, 11) is 1.58. The predicted molar refractivity (Wildman–Crippen MR) is 91.7 cm³/mol. The minimum Gasteiger partial charge on any atom is -0.493 e. The summed E-state index contributed by atoms with van der Waals surface area (Å²) < 4.78 is 10.8. The number of anilines is 1. The van der Waals surface area contributed by atoms with Gasteiger partial charge < -0.3 is 20.1 Å². The molecule has 0 saturated heterocycles. The zero-order valence-corrected chi connectivity index (χ0v) is 13.8. The number of hydrogen-bond acceptors (Lipinski definition) is 3. The Balaban J connectivity index is 1.78. The topological polar surface area (TPSA) is 59.6 Å². The zero-order chi connectivity index (χ0) is 16.7. The van der Waals surface area contributed by atoms with Gasteiger partial charge in [-0.25, -0.2) is 4.79 Å². The number of methoxy groups -OCH3 is 1. The molecule has 2 aromatic carbocycles. The number of hydrogen-bond donors (Lipinski definition) is 2. The number of carbonyl (C=O) groups excluding carboxylic acids is 1. The number of para-hydroxylation sites is 2. The maximum absolute atomic E-state index is 11.9. The highest BCUT2D eigenvalue weighted by Crippen LogP contribution is 2.25. The fourth-order valence-corrected chi connectivity index (χ4v) is 2.13. The Morgan fingerprint density at radius 2 is 1.91 bits per heavy atom. The van der Waals surface area contributed by atoms with Gasteiger partial charge >= 0.3 is 6.03 Å². The van der Waals surface area contributed by atoms with Gasteiger partial charge in [-0.05, 0) is 36.8 Å². The summed E-state index contributed by atoms with van der Waals surface area (Å²) in [4.78, 5) is 11.9. The van der Waals surface area contributed by atoms with Gasteiger partial charge in [-0.3, -0.25) is 0 Å². The van der Waals surface area contributed by atoms with Crippen LogP contribution in [0.3, 0.4) is 0 Å². The minimum atomic E-state index is -0.306. The number of aryl methyl sites for hydroxylation is 1. The van der Waals surface area contributed by atoms with E-state index in [0.717, 1.165) is 5.56 Å². The monoisotopic (exact) mass is 334 g/mol. The SMILES string of the molecule is COc1ccccc1OCCNC(=O)Nc1cc(Cl)ccc1C. The molecule has 0 spiro atoms. The molecule has 0 fully saturated rings. The molecule has 0 radical (unpaired) electrons. The molecular formula is C17H19ClN2O3. The maximum Gasteiger partial charge on any atom is 0.319 e. The molecule has 122 valence electrons. The smallest absolute Gasteiger partial charge is 0.319 e. The Morgan fingerprint density at radius 1 is 1.17 bits per heavy atom. The van der Waals surface area contributed by atoms with Crippen LogP contribution < -0.4 is 20.1 Å². The number of nitrogens with one attached hydrogen (secondary N) is 2. The van der Waals surface area contributed by atoms with Gasteiger partial charge in [0, 0.05) is 10.7 Å². The van der Waals surface area contributed by atoms with E-state index in [1.807, 2.05) is 37.3 Å². The molecule has 0 aromatic heterocycles. The van der Waals surface area contributed by atoms with Crippen molar-refractivity contribution in [3.8, 4) is 11.5 Å². The molecule has 0 saturated carbocycles. The third-order valence-electron chi connectivity index (χ3n) is 3.16. The van der Waals surface area contributed by atoms with Crippen LogP contribution in [-0.4, -0.2) is 26.3 Å². The van der Waals surface area contributed by atoms with E-state index in [4.69, 9.17) is 21.1 Å². The number of rotatable bonds is 6. The lowest BCUT2D eigenvalue weighted by molar-refractivity contribution is 0.246. The lowest BCUT2D eigenvalue weighted by Crippen LogP contribution is -2.32. The number of amides is 2. The molecular weight excluding hydrogens is 316 g/mol. The van der Waals surface area contributed by atoms with Crippen LogP contribution in [0.2, 0.25) is 5.02 Å². The van der Waals surface area contributed by atoms with E-state index in [0.29, 0.717) is 35.4 Å². The number of carbonyl (C=O) groups is 1. The first-order chi connectivity index (χ1) is 11.1. The van der Waals surface area contributed by atoms with Crippen molar-refractivity contribution in [3.05, 3.63) is 53.1 Å². The van der Waals surface area contributed by atoms with Crippen LogP contribution in [0.4, 0.5) is 10.5 Å². The van der Waals surface area contributed by atoms with Gasteiger partial charge in [-0.1, -0.05) is 29.8 Å². The summed E-state index contributed by atoms with van der Waals surface area (Å²) in [6.07, 6.45) is 0. The quantitative estimate of drug-likeness (QED) is 0.789. The molecule has 0 aliphatic heterocycles. The summed E-state index contributed by atoms with van der Waals surface area (Å²) in [5.74, 6) is 1.30. The summed E-state index contributed by atoms with van der Waals surface area (Å²) in [6, 6.07) is 12.4. The van der Waals surface area contributed by atoms with Crippen molar-refractivity contribution in [2.75, 3.05) is 25.6 Å². The van der Waals surface area contributed by atoms with Crippen LogP contribution in [0.5, 0.6) is 11.5 Å². The van der Waals surface area contributed by atoms with Gasteiger partial charge in [0.05, 0.1) is 13.7 Å². The second-order valence-electron chi connectivity index (χ2n) is 4.84. The second-order valence-corrected chi connectivity index (χ2v) is 5.28. The molecule has 23 heavy (non-hydrogen) atoms. The summed E-state index contributed by atoms with van der Waals surface area (Å²) in [5.41, 5.74) is 1.62. The molecule has 0 aliphatic rings. The third-order valence-corrected chi connectivity index (χ3v) is 3.40. The van der Waals surface area contributed by atoms with Gasteiger partial charge in [-0.2, -0.15) is 0 Å². The summed E-state index contributed by atoms with van der Waals surface area (Å²) >= 11 is 5.92. The molecule has 5 nitrogen and oxygen atoms in total. The Labute approximate surface area is 140 Å². The standard InChI is InChI=1S/C17H19ClN2O3/c1-12-7-8-13(18)11-14(12)20-17(21)19-9-10-23-16-6-4-3-5-15(16)22-2/h3-8,11H,9-10H2,1-2H3,(H2,19,20,21). The van der Waals surface area contributed by atoms with Gasteiger partial charge in [-0.15, -0.1) is 0 Å². The molecule has 2 amide bonds. The van der Waals surface area contributed by atoms with Gasteiger partial charge in [0.1, 0.15) is 6.61 Å². The Morgan fingerprint density at radius 3 is 2.65 bits per heavy atom. The summed E-state index contributed by atoms with van der Waals surface area (Å²) in [5, 5.41) is 6.06. The van der Waals surface area contributed by atoms with Crippen molar-refractivity contribution in [2.45, 2.75) is 6.92 Å².